The van der Waals surface area contributed by atoms with Gasteiger partial charge in [0.2, 0.25) is 0 Å². The zero-order chi connectivity index (χ0) is 12.3. The average molecular weight is 232 g/mol. The monoisotopic (exact) mass is 232 g/mol. The van der Waals surface area contributed by atoms with Crippen LogP contribution in [0.3, 0.4) is 0 Å². The molecule has 2 rings (SSSR count). The predicted molar refractivity (Wildman–Crippen MR) is 73.9 cm³/mol. The number of rotatable bonds is 3. The van der Waals surface area contributed by atoms with Gasteiger partial charge in [0.15, 0.2) is 0 Å². The van der Waals surface area contributed by atoms with Gasteiger partial charge in [0, 0.05) is 31.4 Å². The van der Waals surface area contributed by atoms with Crippen molar-refractivity contribution in [2.45, 2.75) is 32.7 Å². The topological polar surface area (TPSA) is 6.48 Å². The summed E-state index contributed by atoms with van der Waals surface area (Å²) in [4.78, 5) is 5.17. The van der Waals surface area contributed by atoms with Crippen molar-refractivity contribution in [3.8, 4) is 0 Å². The van der Waals surface area contributed by atoms with Gasteiger partial charge >= 0.3 is 0 Å². The van der Waals surface area contributed by atoms with Gasteiger partial charge in [0.05, 0.1) is 0 Å². The third-order valence-electron chi connectivity index (χ3n) is 4.00. The molecule has 17 heavy (non-hydrogen) atoms. The molecule has 2 fully saturated rings. The maximum Gasteiger partial charge on any atom is 0.0331 e. The van der Waals surface area contributed by atoms with Gasteiger partial charge < -0.3 is 4.90 Å². The van der Waals surface area contributed by atoms with Crippen molar-refractivity contribution in [1.29, 1.82) is 0 Å². The Kier molecular flexibility index (Phi) is 4.06. The number of hydrogen-bond donors (Lipinski definition) is 0. The van der Waals surface area contributed by atoms with E-state index in [-0.39, 0.29) is 0 Å². The molecular formula is C15H24N2. The lowest BCUT2D eigenvalue weighted by atomic mass is 10.1. The van der Waals surface area contributed by atoms with E-state index in [1.54, 1.807) is 0 Å². The molecule has 0 aromatic rings. The summed E-state index contributed by atoms with van der Waals surface area (Å²) < 4.78 is 0. The second kappa shape index (κ2) is 5.54. The van der Waals surface area contributed by atoms with Crippen molar-refractivity contribution in [3.05, 3.63) is 36.1 Å². The van der Waals surface area contributed by atoms with Gasteiger partial charge in [-0.15, -0.1) is 0 Å². The van der Waals surface area contributed by atoms with Crippen molar-refractivity contribution in [2.75, 3.05) is 26.2 Å². The number of nitrogens with zero attached hydrogens (tertiary/aromatic N) is 2. The smallest absolute Gasteiger partial charge is 0.0331 e. The molecule has 0 amide bonds. The van der Waals surface area contributed by atoms with E-state index in [0.717, 1.165) is 6.04 Å². The number of fused-ring (bicyclic) bond motifs is 1. The molecule has 1 unspecified atom stereocenters. The third kappa shape index (κ3) is 3.01. The zero-order valence-electron chi connectivity index (χ0n) is 11.2. The molecule has 2 aliphatic rings. The quantitative estimate of drug-likeness (QED) is 0.690. The third-order valence-corrected chi connectivity index (χ3v) is 4.00. The van der Waals surface area contributed by atoms with E-state index in [0.29, 0.717) is 0 Å². The highest BCUT2D eigenvalue weighted by atomic mass is 15.3. The van der Waals surface area contributed by atoms with Crippen molar-refractivity contribution >= 4 is 0 Å². The Labute approximate surface area is 105 Å². The van der Waals surface area contributed by atoms with E-state index in [1.807, 2.05) is 6.08 Å². The second-order valence-electron chi connectivity index (χ2n) is 5.20. The van der Waals surface area contributed by atoms with Gasteiger partial charge in [-0.05, 0) is 39.3 Å². The molecule has 0 aliphatic carbocycles. The average Bonchev–Trinajstić information content (AvgIpc) is 2.82. The molecule has 2 saturated heterocycles. The summed E-state index contributed by atoms with van der Waals surface area (Å²) in [7, 11) is 0. The Balaban J connectivity index is 1.96. The van der Waals surface area contributed by atoms with E-state index < -0.39 is 0 Å². The fourth-order valence-electron chi connectivity index (χ4n) is 2.74. The summed E-state index contributed by atoms with van der Waals surface area (Å²) in [5.41, 5.74) is 2.61. The van der Waals surface area contributed by atoms with Crippen LogP contribution in [0.4, 0.5) is 0 Å². The summed E-state index contributed by atoms with van der Waals surface area (Å²) in [5, 5.41) is 0. The van der Waals surface area contributed by atoms with Gasteiger partial charge in [-0.2, -0.15) is 0 Å². The Morgan fingerprint density at radius 1 is 1.18 bits per heavy atom. The second-order valence-corrected chi connectivity index (χ2v) is 5.20. The fraction of sp³-hybridized carbons (Fsp3) is 0.600. The Bertz CT molecular complexity index is 341. The molecule has 2 nitrogen and oxygen atoms in total. The summed E-state index contributed by atoms with van der Waals surface area (Å²) in [6, 6.07) is 0.802. The van der Waals surface area contributed by atoms with E-state index in [4.69, 9.17) is 0 Å². The first-order valence-electron chi connectivity index (χ1n) is 6.67. The van der Waals surface area contributed by atoms with E-state index in [1.165, 1.54) is 50.3 Å². The van der Waals surface area contributed by atoms with Gasteiger partial charge in [0.25, 0.3) is 0 Å². The molecule has 0 bridgehead atoms. The summed E-state index contributed by atoms with van der Waals surface area (Å²) in [6.45, 7) is 13.0. The molecule has 0 N–H and O–H groups in total. The van der Waals surface area contributed by atoms with Gasteiger partial charge in [-0.3, -0.25) is 4.90 Å². The molecule has 2 heteroatoms. The summed E-state index contributed by atoms with van der Waals surface area (Å²) in [5.74, 6) is 0. The lowest BCUT2D eigenvalue weighted by molar-refractivity contribution is 0.129. The van der Waals surface area contributed by atoms with Crippen LogP contribution >= 0.6 is 0 Å². The SMILES string of the molecule is C=C/C(C)=C\C=C(/C)N1CCN2CCCC2C1. The first-order valence-corrected chi connectivity index (χ1v) is 6.67. The van der Waals surface area contributed by atoms with Crippen LogP contribution in [0.25, 0.3) is 0 Å². The molecule has 0 radical (unpaired) electrons. The van der Waals surface area contributed by atoms with Crippen molar-refractivity contribution in [2.24, 2.45) is 0 Å². The summed E-state index contributed by atoms with van der Waals surface area (Å²) in [6.07, 6.45) is 9.05. The van der Waals surface area contributed by atoms with Crippen LogP contribution in [0.5, 0.6) is 0 Å². The highest BCUT2D eigenvalue weighted by molar-refractivity contribution is 5.22. The number of hydrogen-bond acceptors (Lipinski definition) is 2. The highest BCUT2D eigenvalue weighted by Crippen LogP contribution is 2.23. The standard InChI is InChI=1S/C15H24N2/c1-4-13(2)7-8-14(3)17-11-10-16-9-5-6-15(16)12-17/h4,7-8,15H,1,5-6,9-12H2,2-3H3/b13-7-,14-8+. The molecule has 2 aliphatic heterocycles. The van der Waals surface area contributed by atoms with Crippen LogP contribution in [0.2, 0.25) is 0 Å². The van der Waals surface area contributed by atoms with Gasteiger partial charge in [0.1, 0.15) is 0 Å². The maximum atomic E-state index is 3.78. The lowest BCUT2D eigenvalue weighted by Gasteiger charge is -2.39. The first-order chi connectivity index (χ1) is 8.20. The highest BCUT2D eigenvalue weighted by Gasteiger charge is 2.30. The lowest BCUT2D eigenvalue weighted by Crippen LogP contribution is -2.49. The van der Waals surface area contributed by atoms with Crippen LogP contribution in [0, 0.1) is 0 Å². The number of allylic oxidation sites excluding steroid dienone is 5. The van der Waals surface area contributed by atoms with Gasteiger partial charge in [-0.25, -0.2) is 0 Å². The predicted octanol–water partition coefficient (Wildman–Crippen LogP) is 2.80. The Morgan fingerprint density at radius 3 is 2.76 bits per heavy atom. The molecule has 0 spiro atoms. The molecular weight excluding hydrogens is 208 g/mol. The largest absolute Gasteiger partial charge is 0.372 e. The van der Waals surface area contributed by atoms with Crippen LogP contribution in [-0.4, -0.2) is 42.0 Å². The van der Waals surface area contributed by atoms with Crippen molar-refractivity contribution in [1.82, 2.24) is 9.80 Å². The molecule has 0 saturated carbocycles. The molecule has 1 atom stereocenters. The molecule has 94 valence electrons. The van der Waals surface area contributed by atoms with Crippen molar-refractivity contribution in [3.63, 3.8) is 0 Å². The minimum absolute atomic E-state index is 0.802. The van der Waals surface area contributed by atoms with Gasteiger partial charge in [-0.1, -0.05) is 24.3 Å². The minimum atomic E-state index is 0.802. The maximum absolute atomic E-state index is 3.78. The fourth-order valence-corrected chi connectivity index (χ4v) is 2.74. The molecule has 0 aromatic carbocycles. The normalized spacial score (nSPS) is 27.2. The van der Waals surface area contributed by atoms with Crippen LogP contribution in [-0.2, 0) is 0 Å². The van der Waals surface area contributed by atoms with E-state index in [2.05, 4.69) is 42.4 Å². The van der Waals surface area contributed by atoms with E-state index in [9.17, 15) is 0 Å². The minimum Gasteiger partial charge on any atom is -0.372 e. The zero-order valence-corrected chi connectivity index (χ0v) is 11.2. The van der Waals surface area contributed by atoms with Crippen molar-refractivity contribution < 1.29 is 0 Å². The Morgan fingerprint density at radius 2 is 2.00 bits per heavy atom. The van der Waals surface area contributed by atoms with E-state index >= 15 is 0 Å². The Hall–Kier alpha value is -1.02. The molecule has 0 aromatic heterocycles. The van der Waals surface area contributed by atoms with Crippen LogP contribution in [0.15, 0.2) is 36.1 Å². The first kappa shape index (κ1) is 12.4. The van der Waals surface area contributed by atoms with Crippen LogP contribution in [0.1, 0.15) is 26.7 Å². The summed E-state index contributed by atoms with van der Waals surface area (Å²) >= 11 is 0. The number of piperazine rings is 1. The molecule has 2 heterocycles. The van der Waals surface area contributed by atoms with Crippen LogP contribution < -0.4 is 0 Å².